The minimum absolute atomic E-state index is 0. The minimum Gasteiger partial charge on any atom is -0.380 e. The largest absolute Gasteiger partial charge is 0.380 e. The fourth-order valence-electron chi connectivity index (χ4n) is 1.24. The van der Waals surface area contributed by atoms with Gasteiger partial charge in [-0.2, -0.15) is 0 Å². The van der Waals surface area contributed by atoms with Gasteiger partial charge in [0.15, 0.2) is 0 Å². The van der Waals surface area contributed by atoms with E-state index < -0.39 is 0 Å². The van der Waals surface area contributed by atoms with E-state index >= 15 is 0 Å². The summed E-state index contributed by atoms with van der Waals surface area (Å²) in [6, 6.07) is -0.374. The summed E-state index contributed by atoms with van der Waals surface area (Å²) in [5.41, 5.74) is 5.66. The summed E-state index contributed by atoms with van der Waals surface area (Å²) in [4.78, 5) is 11.4. The second-order valence-electron chi connectivity index (χ2n) is 4.48. The van der Waals surface area contributed by atoms with Gasteiger partial charge >= 0.3 is 0 Å². The van der Waals surface area contributed by atoms with Gasteiger partial charge in [0.25, 0.3) is 0 Å². The molecule has 0 aromatic rings. The van der Waals surface area contributed by atoms with Crippen LogP contribution in [-0.2, 0) is 9.53 Å². The van der Waals surface area contributed by atoms with E-state index in [9.17, 15) is 4.79 Å². The number of carbonyl (C=O) groups excluding carboxylic acids is 1. The monoisotopic (exact) mass is 266 g/mol. The number of carbonyl (C=O) groups is 1. The number of hydrogen-bond acceptors (Lipinski definition) is 3. The van der Waals surface area contributed by atoms with Crippen LogP contribution < -0.4 is 11.1 Å². The Morgan fingerprint density at radius 2 is 1.94 bits per heavy atom. The van der Waals surface area contributed by atoms with Gasteiger partial charge in [-0.3, -0.25) is 4.79 Å². The lowest BCUT2D eigenvalue weighted by atomic mass is 10.1. The molecule has 3 N–H and O–H groups in total. The number of hydrogen-bond donors (Lipinski definition) is 2. The third-order valence-corrected chi connectivity index (χ3v) is 2.32. The third kappa shape index (κ3) is 11.9. The normalized spacial score (nSPS) is 12.1. The number of nitrogens with one attached hydrogen (secondary N) is 1. The second kappa shape index (κ2) is 12.1. The first-order valence-corrected chi connectivity index (χ1v) is 6.19. The average Bonchev–Trinajstić information content (AvgIpc) is 2.22. The molecule has 0 radical (unpaired) electrons. The Balaban J connectivity index is 0. The van der Waals surface area contributed by atoms with Crippen molar-refractivity contribution in [1.29, 1.82) is 0 Å². The van der Waals surface area contributed by atoms with E-state index in [1.165, 1.54) is 0 Å². The van der Waals surface area contributed by atoms with Crippen molar-refractivity contribution in [2.75, 3.05) is 19.8 Å². The zero-order valence-corrected chi connectivity index (χ0v) is 12.0. The third-order valence-electron chi connectivity index (χ3n) is 2.32. The van der Waals surface area contributed by atoms with Gasteiger partial charge in [-0.15, -0.1) is 12.4 Å². The molecule has 104 valence electrons. The predicted molar refractivity (Wildman–Crippen MR) is 73.4 cm³/mol. The number of halogens is 1. The molecule has 0 aromatic carbocycles. The Morgan fingerprint density at radius 3 is 2.47 bits per heavy atom. The van der Waals surface area contributed by atoms with Crippen LogP contribution in [-0.4, -0.2) is 31.7 Å². The average molecular weight is 267 g/mol. The highest BCUT2D eigenvalue weighted by Gasteiger charge is 2.10. The van der Waals surface area contributed by atoms with Crippen LogP contribution in [0.25, 0.3) is 0 Å². The standard InChI is InChI=1S/C12H26N2O2.ClH/c1-4-5-11(13)12(15)14-7-9-16-8-6-10(2)3;/h10-11H,4-9,13H2,1-3H3,(H,14,15);1H. The summed E-state index contributed by atoms with van der Waals surface area (Å²) in [6.07, 6.45) is 2.73. The van der Waals surface area contributed by atoms with Crippen LogP contribution in [0, 0.1) is 5.92 Å². The Bertz CT molecular complexity index is 189. The Morgan fingerprint density at radius 1 is 1.29 bits per heavy atom. The molecule has 0 saturated heterocycles. The minimum atomic E-state index is -0.374. The second-order valence-corrected chi connectivity index (χ2v) is 4.48. The van der Waals surface area contributed by atoms with Crippen LogP contribution in [0.15, 0.2) is 0 Å². The van der Waals surface area contributed by atoms with Crippen molar-refractivity contribution in [3.05, 3.63) is 0 Å². The zero-order valence-electron chi connectivity index (χ0n) is 11.2. The quantitative estimate of drug-likeness (QED) is 0.625. The van der Waals surface area contributed by atoms with Crippen molar-refractivity contribution in [2.45, 2.75) is 46.1 Å². The highest BCUT2D eigenvalue weighted by Crippen LogP contribution is 1.98. The number of ether oxygens (including phenoxy) is 1. The molecule has 4 nitrogen and oxygen atoms in total. The van der Waals surface area contributed by atoms with Gasteiger partial charge in [-0.05, 0) is 18.8 Å². The van der Waals surface area contributed by atoms with E-state index in [1.54, 1.807) is 0 Å². The maximum Gasteiger partial charge on any atom is 0.236 e. The van der Waals surface area contributed by atoms with Crippen molar-refractivity contribution in [3.63, 3.8) is 0 Å². The van der Waals surface area contributed by atoms with Gasteiger partial charge in [-0.1, -0.05) is 27.2 Å². The molecule has 0 saturated carbocycles. The van der Waals surface area contributed by atoms with E-state index in [4.69, 9.17) is 10.5 Å². The molecule has 0 spiro atoms. The van der Waals surface area contributed by atoms with E-state index in [0.29, 0.717) is 19.1 Å². The fourth-order valence-corrected chi connectivity index (χ4v) is 1.24. The molecule has 17 heavy (non-hydrogen) atoms. The molecular formula is C12H27ClN2O2. The topological polar surface area (TPSA) is 64.4 Å². The number of amides is 1. The lowest BCUT2D eigenvalue weighted by molar-refractivity contribution is -0.122. The van der Waals surface area contributed by atoms with Crippen molar-refractivity contribution in [2.24, 2.45) is 11.7 Å². The summed E-state index contributed by atoms with van der Waals surface area (Å²) in [6.45, 7) is 8.21. The predicted octanol–water partition coefficient (Wildman–Crippen LogP) is 1.71. The van der Waals surface area contributed by atoms with Crippen LogP contribution in [0.1, 0.15) is 40.0 Å². The van der Waals surface area contributed by atoms with Gasteiger partial charge in [0.05, 0.1) is 12.6 Å². The summed E-state index contributed by atoms with van der Waals surface area (Å²) < 4.78 is 5.38. The van der Waals surface area contributed by atoms with Crippen molar-refractivity contribution >= 4 is 18.3 Å². The van der Waals surface area contributed by atoms with Crippen LogP contribution in [0.4, 0.5) is 0 Å². The van der Waals surface area contributed by atoms with Crippen molar-refractivity contribution in [3.8, 4) is 0 Å². The molecule has 0 aliphatic rings. The molecule has 1 unspecified atom stereocenters. The van der Waals surface area contributed by atoms with Crippen molar-refractivity contribution < 1.29 is 9.53 Å². The van der Waals surface area contributed by atoms with Crippen LogP contribution >= 0.6 is 12.4 Å². The molecule has 0 aliphatic carbocycles. The summed E-state index contributed by atoms with van der Waals surface area (Å²) in [5, 5.41) is 2.77. The highest BCUT2D eigenvalue weighted by molar-refractivity contribution is 5.85. The smallest absolute Gasteiger partial charge is 0.236 e. The maximum absolute atomic E-state index is 11.4. The molecule has 0 heterocycles. The SMILES string of the molecule is CCCC(N)C(=O)NCCOCCC(C)C.Cl. The van der Waals surface area contributed by atoms with Gasteiger partial charge in [0, 0.05) is 13.2 Å². The van der Waals surface area contributed by atoms with E-state index in [0.717, 1.165) is 25.9 Å². The molecule has 0 aromatic heterocycles. The molecule has 1 amide bonds. The molecule has 5 heteroatoms. The summed E-state index contributed by atoms with van der Waals surface area (Å²) >= 11 is 0. The molecule has 0 bridgehead atoms. The van der Waals surface area contributed by atoms with E-state index in [1.807, 2.05) is 6.92 Å². The van der Waals surface area contributed by atoms with Gasteiger partial charge in [0.1, 0.15) is 0 Å². The zero-order chi connectivity index (χ0) is 12.4. The summed E-state index contributed by atoms with van der Waals surface area (Å²) in [7, 11) is 0. The summed E-state index contributed by atoms with van der Waals surface area (Å²) in [5.74, 6) is 0.585. The molecule has 0 aliphatic heterocycles. The van der Waals surface area contributed by atoms with E-state index in [-0.39, 0.29) is 24.4 Å². The Kier molecular flexibility index (Phi) is 13.6. The Hall–Kier alpha value is -0.320. The first-order valence-electron chi connectivity index (χ1n) is 6.19. The molecule has 0 rings (SSSR count). The number of nitrogens with two attached hydrogens (primary N) is 1. The first kappa shape index (κ1) is 19.0. The Labute approximate surface area is 111 Å². The van der Waals surface area contributed by atoms with Crippen LogP contribution in [0.2, 0.25) is 0 Å². The van der Waals surface area contributed by atoms with Gasteiger partial charge in [-0.25, -0.2) is 0 Å². The number of rotatable bonds is 9. The van der Waals surface area contributed by atoms with Gasteiger partial charge in [0.2, 0.25) is 5.91 Å². The van der Waals surface area contributed by atoms with Crippen molar-refractivity contribution in [1.82, 2.24) is 5.32 Å². The lowest BCUT2D eigenvalue weighted by Gasteiger charge is -2.11. The molecule has 0 fully saturated rings. The first-order chi connectivity index (χ1) is 7.57. The molecular weight excluding hydrogens is 240 g/mol. The van der Waals surface area contributed by atoms with E-state index in [2.05, 4.69) is 19.2 Å². The molecule has 1 atom stereocenters. The highest BCUT2D eigenvalue weighted by atomic mass is 35.5. The maximum atomic E-state index is 11.4. The van der Waals surface area contributed by atoms with Crippen LogP contribution in [0.5, 0.6) is 0 Å². The fraction of sp³-hybridized carbons (Fsp3) is 0.917. The van der Waals surface area contributed by atoms with Crippen LogP contribution in [0.3, 0.4) is 0 Å². The lowest BCUT2D eigenvalue weighted by Crippen LogP contribution is -2.41. The van der Waals surface area contributed by atoms with Gasteiger partial charge < -0.3 is 15.8 Å².